The molecule has 6 nitrogen and oxygen atoms in total. The van der Waals surface area contributed by atoms with Crippen LogP contribution in [0.15, 0.2) is 17.0 Å². The molecule has 1 fully saturated rings. The SMILES string of the molecule is CC(=O)N1CCN(S(=O)(=O)c2c(C)cc(N)cc2C)CC1. The second-order valence-electron chi connectivity index (χ2n) is 5.39. The Hall–Kier alpha value is -1.60. The largest absolute Gasteiger partial charge is 0.399 e. The van der Waals surface area contributed by atoms with Crippen LogP contribution in [0.25, 0.3) is 0 Å². The molecule has 1 aliphatic heterocycles. The van der Waals surface area contributed by atoms with Gasteiger partial charge in [-0.05, 0) is 37.1 Å². The third-order valence-electron chi connectivity index (χ3n) is 3.76. The second kappa shape index (κ2) is 5.65. The summed E-state index contributed by atoms with van der Waals surface area (Å²) in [4.78, 5) is 13.3. The van der Waals surface area contributed by atoms with Gasteiger partial charge in [-0.1, -0.05) is 0 Å². The van der Waals surface area contributed by atoms with Crippen molar-refractivity contribution in [3.63, 3.8) is 0 Å². The van der Waals surface area contributed by atoms with Gasteiger partial charge in [-0.15, -0.1) is 0 Å². The molecule has 0 bridgehead atoms. The van der Waals surface area contributed by atoms with Gasteiger partial charge in [-0.25, -0.2) is 8.42 Å². The van der Waals surface area contributed by atoms with Crippen molar-refractivity contribution in [2.75, 3.05) is 31.9 Å². The molecule has 0 spiro atoms. The van der Waals surface area contributed by atoms with Crippen molar-refractivity contribution < 1.29 is 13.2 Å². The minimum Gasteiger partial charge on any atom is -0.399 e. The highest BCUT2D eigenvalue weighted by molar-refractivity contribution is 7.89. The monoisotopic (exact) mass is 311 g/mol. The first kappa shape index (κ1) is 15.8. The van der Waals surface area contributed by atoms with E-state index in [9.17, 15) is 13.2 Å². The number of rotatable bonds is 2. The molecule has 0 radical (unpaired) electrons. The molecule has 0 unspecified atom stereocenters. The maximum Gasteiger partial charge on any atom is 0.243 e. The molecule has 1 heterocycles. The molecule has 2 rings (SSSR count). The zero-order valence-corrected chi connectivity index (χ0v) is 13.4. The molecule has 2 N–H and O–H groups in total. The Labute approximate surface area is 125 Å². The van der Waals surface area contributed by atoms with Gasteiger partial charge in [-0.2, -0.15) is 4.31 Å². The van der Waals surface area contributed by atoms with E-state index in [2.05, 4.69) is 0 Å². The number of sulfonamides is 1. The van der Waals surface area contributed by atoms with Crippen molar-refractivity contribution >= 4 is 21.6 Å². The summed E-state index contributed by atoms with van der Waals surface area (Å²) in [6.07, 6.45) is 0. The number of hydrogen-bond donors (Lipinski definition) is 1. The lowest BCUT2D eigenvalue weighted by molar-refractivity contribution is -0.129. The Balaban J connectivity index is 2.30. The molecule has 1 aromatic rings. The van der Waals surface area contributed by atoms with Crippen LogP contribution in [0.1, 0.15) is 18.1 Å². The maximum atomic E-state index is 12.8. The number of nitrogens with two attached hydrogens (primary N) is 1. The summed E-state index contributed by atoms with van der Waals surface area (Å²) in [5.74, 6) is -0.0214. The van der Waals surface area contributed by atoms with E-state index in [1.165, 1.54) is 11.2 Å². The van der Waals surface area contributed by atoms with E-state index < -0.39 is 10.0 Å². The van der Waals surface area contributed by atoms with Gasteiger partial charge in [0.2, 0.25) is 15.9 Å². The fourth-order valence-electron chi connectivity index (χ4n) is 2.76. The standard InChI is InChI=1S/C14H21N3O3S/c1-10-8-13(15)9-11(2)14(10)21(19,20)17-6-4-16(5-7-17)12(3)18/h8-9H,4-7,15H2,1-3H3. The first-order valence-electron chi connectivity index (χ1n) is 6.86. The highest BCUT2D eigenvalue weighted by atomic mass is 32.2. The summed E-state index contributed by atoms with van der Waals surface area (Å²) in [6.45, 7) is 6.52. The Morgan fingerprint density at radius 2 is 1.57 bits per heavy atom. The molecule has 0 atom stereocenters. The van der Waals surface area contributed by atoms with E-state index in [0.29, 0.717) is 47.9 Å². The van der Waals surface area contributed by atoms with E-state index in [0.717, 1.165) is 0 Å². The number of piperazine rings is 1. The van der Waals surface area contributed by atoms with Crippen molar-refractivity contribution in [1.29, 1.82) is 0 Å². The van der Waals surface area contributed by atoms with Gasteiger partial charge in [0.15, 0.2) is 0 Å². The molecule has 7 heteroatoms. The predicted molar refractivity (Wildman–Crippen MR) is 81.3 cm³/mol. The van der Waals surface area contributed by atoms with Gasteiger partial charge in [0, 0.05) is 38.8 Å². The highest BCUT2D eigenvalue weighted by Gasteiger charge is 2.31. The molecule has 1 aliphatic rings. The topological polar surface area (TPSA) is 83.7 Å². The van der Waals surface area contributed by atoms with E-state index in [4.69, 9.17) is 5.73 Å². The minimum atomic E-state index is -3.55. The fraction of sp³-hybridized carbons (Fsp3) is 0.500. The Morgan fingerprint density at radius 3 is 2.00 bits per heavy atom. The first-order chi connectivity index (χ1) is 9.73. The number of aryl methyl sites for hydroxylation is 2. The van der Waals surface area contributed by atoms with E-state index >= 15 is 0 Å². The zero-order chi connectivity index (χ0) is 15.8. The molecule has 1 amide bonds. The number of amides is 1. The third kappa shape index (κ3) is 3.03. The third-order valence-corrected chi connectivity index (χ3v) is 5.97. The molecular formula is C14H21N3O3S. The summed E-state index contributed by atoms with van der Waals surface area (Å²) < 4.78 is 27.0. The lowest BCUT2D eigenvalue weighted by atomic mass is 10.1. The van der Waals surface area contributed by atoms with Crippen LogP contribution in [-0.2, 0) is 14.8 Å². The summed E-state index contributed by atoms with van der Waals surface area (Å²) in [5, 5.41) is 0. The molecule has 116 valence electrons. The summed E-state index contributed by atoms with van der Waals surface area (Å²) in [6, 6.07) is 3.34. The van der Waals surface area contributed by atoms with Crippen molar-refractivity contribution in [1.82, 2.24) is 9.21 Å². The maximum absolute atomic E-state index is 12.8. The number of nitrogen functional groups attached to an aromatic ring is 1. The van der Waals surface area contributed by atoms with Crippen LogP contribution in [0.2, 0.25) is 0 Å². The molecule has 1 aromatic carbocycles. The van der Waals surface area contributed by atoms with Gasteiger partial charge >= 0.3 is 0 Å². The van der Waals surface area contributed by atoms with Gasteiger partial charge in [0.1, 0.15) is 0 Å². The van der Waals surface area contributed by atoms with Gasteiger partial charge in [0.25, 0.3) is 0 Å². The first-order valence-corrected chi connectivity index (χ1v) is 8.30. The van der Waals surface area contributed by atoms with E-state index in [-0.39, 0.29) is 5.91 Å². The normalized spacial score (nSPS) is 17.0. The summed E-state index contributed by atoms with van der Waals surface area (Å²) >= 11 is 0. The minimum absolute atomic E-state index is 0.0214. The number of nitrogens with zero attached hydrogens (tertiary/aromatic N) is 2. The Bertz CT molecular complexity index is 639. The predicted octanol–water partition coefficient (Wildman–Crippen LogP) is 0.738. The Morgan fingerprint density at radius 1 is 1.10 bits per heavy atom. The number of anilines is 1. The molecule has 1 saturated heterocycles. The van der Waals surface area contributed by atoms with Crippen LogP contribution in [0.4, 0.5) is 5.69 Å². The average molecular weight is 311 g/mol. The van der Waals surface area contributed by atoms with Crippen LogP contribution in [-0.4, -0.2) is 49.7 Å². The van der Waals surface area contributed by atoms with Crippen molar-refractivity contribution in [2.24, 2.45) is 0 Å². The fourth-order valence-corrected chi connectivity index (χ4v) is 4.60. The number of benzene rings is 1. The smallest absolute Gasteiger partial charge is 0.243 e. The average Bonchev–Trinajstić information content (AvgIpc) is 2.37. The molecule has 0 aliphatic carbocycles. The zero-order valence-electron chi connectivity index (χ0n) is 12.6. The lowest BCUT2D eigenvalue weighted by Gasteiger charge is -2.34. The van der Waals surface area contributed by atoms with Crippen molar-refractivity contribution in [3.8, 4) is 0 Å². The van der Waals surface area contributed by atoms with Crippen LogP contribution in [0.5, 0.6) is 0 Å². The van der Waals surface area contributed by atoms with E-state index in [1.54, 1.807) is 30.9 Å². The number of carbonyl (C=O) groups excluding carboxylic acids is 1. The molecular weight excluding hydrogens is 290 g/mol. The second-order valence-corrected chi connectivity index (χ2v) is 7.27. The van der Waals surface area contributed by atoms with Crippen LogP contribution >= 0.6 is 0 Å². The summed E-state index contributed by atoms with van der Waals surface area (Å²) in [5.41, 5.74) is 7.62. The van der Waals surface area contributed by atoms with Crippen LogP contribution in [0.3, 0.4) is 0 Å². The van der Waals surface area contributed by atoms with Gasteiger partial charge in [-0.3, -0.25) is 4.79 Å². The quantitative estimate of drug-likeness (QED) is 0.817. The van der Waals surface area contributed by atoms with Crippen molar-refractivity contribution in [2.45, 2.75) is 25.7 Å². The van der Waals surface area contributed by atoms with Crippen molar-refractivity contribution in [3.05, 3.63) is 23.3 Å². The molecule has 0 saturated carbocycles. The van der Waals surface area contributed by atoms with Gasteiger partial charge < -0.3 is 10.6 Å². The Kier molecular flexibility index (Phi) is 4.25. The highest BCUT2D eigenvalue weighted by Crippen LogP contribution is 2.26. The van der Waals surface area contributed by atoms with Crippen LogP contribution in [0, 0.1) is 13.8 Å². The van der Waals surface area contributed by atoms with Crippen LogP contribution < -0.4 is 5.73 Å². The van der Waals surface area contributed by atoms with E-state index in [1.807, 2.05) is 0 Å². The number of carbonyl (C=O) groups is 1. The van der Waals surface area contributed by atoms with Gasteiger partial charge in [0.05, 0.1) is 4.90 Å². The summed E-state index contributed by atoms with van der Waals surface area (Å²) in [7, 11) is -3.55. The molecule has 0 aromatic heterocycles. The lowest BCUT2D eigenvalue weighted by Crippen LogP contribution is -2.50. The number of hydrogen-bond acceptors (Lipinski definition) is 4. The molecule has 21 heavy (non-hydrogen) atoms.